The molecule has 2 aromatic heterocycles. The molecule has 0 atom stereocenters. The fraction of sp³-hybridized carbons (Fsp3) is 0.235. The molecule has 9 heteroatoms. The van der Waals surface area contributed by atoms with Crippen molar-refractivity contribution in [2.45, 2.75) is 19.6 Å². The third kappa shape index (κ3) is 4.08. The topological polar surface area (TPSA) is 74.8 Å². The molecule has 0 aliphatic rings. The number of rotatable bonds is 5. The Morgan fingerprint density at radius 3 is 2.92 bits per heavy atom. The van der Waals surface area contributed by atoms with E-state index in [1.165, 1.54) is 35.2 Å². The van der Waals surface area contributed by atoms with Crippen molar-refractivity contribution in [2.75, 3.05) is 11.1 Å². The van der Waals surface area contributed by atoms with E-state index in [2.05, 4.69) is 15.3 Å². The van der Waals surface area contributed by atoms with Gasteiger partial charge in [-0.1, -0.05) is 11.6 Å². The van der Waals surface area contributed by atoms with Crippen LogP contribution in [0.1, 0.15) is 16.3 Å². The average molecular weight is 412 g/mol. The number of nitrogens with one attached hydrogen (secondary N) is 2. The third-order valence-corrected chi connectivity index (χ3v) is 6.05. The van der Waals surface area contributed by atoms with Crippen molar-refractivity contribution < 1.29 is 9.18 Å². The van der Waals surface area contributed by atoms with Gasteiger partial charge in [0, 0.05) is 9.90 Å². The Bertz CT molecular complexity index is 1050. The Morgan fingerprint density at radius 1 is 1.42 bits per heavy atom. The van der Waals surface area contributed by atoms with Crippen LogP contribution in [0.5, 0.6) is 0 Å². The van der Waals surface area contributed by atoms with Crippen LogP contribution in [-0.2, 0) is 10.5 Å². The van der Waals surface area contributed by atoms with Gasteiger partial charge in [0.1, 0.15) is 16.5 Å². The van der Waals surface area contributed by atoms with Crippen molar-refractivity contribution in [1.82, 2.24) is 9.97 Å². The number of aryl methyl sites for hydroxylation is 2. The highest BCUT2D eigenvalue weighted by Gasteiger charge is 2.12. The predicted octanol–water partition coefficient (Wildman–Crippen LogP) is 4.27. The molecule has 136 valence electrons. The summed E-state index contributed by atoms with van der Waals surface area (Å²) in [5.41, 5.74) is 0.861. The van der Waals surface area contributed by atoms with Crippen molar-refractivity contribution in [3.05, 3.63) is 55.7 Å². The highest BCUT2D eigenvalue weighted by Crippen LogP contribution is 2.26. The summed E-state index contributed by atoms with van der Waals surface area (Å²) >= 11 is 8.44. The van der Waals surface area contributed by atoms with Gasteiger partial charge >= 0.3 is 0 Å². The zero-order valence-corrected chi connectivity index (χ0v) is 16.4. The number of nitrogens with zero attached hydrogens (tertiary/aromatic N) is 1. The average Bonchev–Trinajstić information content (AvgIpc) is 2.85. The fourth-order valence-corrected chi connectivity index (χ4v) is 4.28. The minimum Gasteiger partial charge on any atom is -0.323 e. The number of halogens is 2. The molecular formula is C17H15ClFN3O2S2. The van der Waals surface area contributed by atoms with Crippen molar-refractivity contribution >= 4 is 56.5 Å². The maximum Gasteiger partial charge on any atom is 0.259 e. The van der Waals surface area contributed by atoms with Gasteiger partial charge in [0.25, 0.3) is 5.56 Å². The van der Waals surface area contributed by atoms with Crippen LogP contribution in [0.3, 0.4) is 0 Å². The van der Waals surface area contributed by atoms with Gasteiger partial charge in [0.2, 0.25) is 5.91 Å². The molecule has 0 aliphatic heterocycles. The molecule has 3 rings (SSSR count). The summed E-state index contributed by atoms with van der Waals surface area (Å²) in [6.07, 6.45) is 0. The quantitative estimate of drug-likeness (QED) is 0.657. The van der Waals surface area contributed by atoms with Crippen LogP contribution in [0.2, 0.25) is 5.02 Å². The zero-order chi connectivity index (χ0) is 18.8. The molecule has 26 heavy (non-hydrogen) atoms. The van der Waals surface area contributed by atoms with E-state index in [4.69, 9.17) is 11.6 Å². The van der Waals surface area contributed by atoms with Crippen molar-refractivity contribution in [3.8, 4) is 0 Å². The second-order valence-corrected chi connectivity index (χ2v) is 8.27. The van der Waals surface area contributed by atoms with Crippen LogP contribution in [0, 0.1) is 19.7 Å². The van der Waals surface area contributed by atoms with Gasteiger partial charge in [-0.05, 0) is 37.6 Å². The minimum atomic E-state index is -0.587. The summed E-state index contributed by atoms with van der Waals surface area (Å²) in [7, 11) is 0. The lowest BCUT2D eigenvalue weighted by atomic mass is 10.2. The number of carbonyl (C=O) groups excluding carboxylic acids is 1. The molecule has 1 amide bonds. The summed E-state index contributed by atoms with van der Waals surface area (Å²) in [6.45, 7) is 3.86. The monoisotopic (exact) mass is 411 g/mol. The van der Waals surface area contributed by atoms with Gasteiger partial charge < -0.3 is 10.3 Å². The number of thioether (sulfide) groups is 1. The molecule has 3 aromatic rings. The standard InChI is InChI=1S/C17H15ClFN3O2S2/c1-8-9(2)26-17-15(8)16(24)21-13(22-17)6-25-7-14(23)20-12-4-3-10(18)5-11(12)19/h3-5H,6-7H2,1-2H3,(H,20,23)(H,21,22,24). The normalized spacial score (nSPS) is 11.1. The number of aromatic nitrogens is 2. The number of thiophene rings is 1. The van der Waals surface area contributed by atoms with Gasteiger partial charge in [-0.15, -0.1) is 23.1 Å². The van der Waals surface area contributed by atoms with E-state index in [1.54, 1.807) is 0 Å². The Hall–Kier alpha value is -1.90. The maximum absolute atomic E-state index is 13.7. The van der Waals surface area contributed by atoms with Crippen LogP contribution in [0.4, 0.5) is 10.1 Å². The lowest BCUT2D eigenvalue weighted by molar-refractivity contribution is -0.113. The molecule has 0 fully saturated rings. The number of hydrogen-bond acceptors (Lipinski definition) is 5. The molecular weight excluding hydrogens is 397 g/mol. The lowest BCUT2D eigenvalue weighted by Gasteiger charge is -2.06. The first-order valence-corrected chi connectivity index (χ1v) is 10.0. The number of amides is 1. The fourth-order valence-electron chi connectivity index (χ4n) is 2.39. The van der Waals surface area contributed by atoms with E-state index in [9.17, 15) is 14.0 Å². The number of H-pyrrole nitrogens is 1. The highest BCUT2D eigenvalue weighted by molar-refractivity contribution is 7.99. The van der Waals surface area contributed by atoms with E-state index in [1.807, 2.05) is 13.8 Å². The van der Waals surface area contributed by atoms with Crippen LogP contribution < -0.4 is 10.9 Å². The number of carbonyl (C=O) groups is 1. The second kappa shape index (κ2) is 7.77. The highest BCUT2D eigenvalue weighted by atomic mass is 35.5. The minimum absolute atomic E-state index is 0.0810. The van der Waals surface area contributed by atoms with Gasteiger partial charge in [-0.25, -0.2) is 9.37 Å². The Morgan fingerprint density at radius 2 is 2.19 bits per heavy atom. The molecule has 0 radical (unpaired) electrons. The Balaban J connectivity index is 1.62. The molecule has 0 saturated heterocycles. The summed E-state index contributed by atoms with van der Waals surface area (Å²) in [5, 5.41) is 3.38. The first-order valence-electron chi connectivity index (χ1n) is 7.66. The predicted molar refractivity (Wildman–Crippen MR) is 106 cm³/mol. The molecule has 0 unspecified atom stereocenters. The molecule has 0 saturated carbocycles. The van der Waals surface area contributed by atoms with Gasteiger partial charge in [-0.3, -0.25) is 9.59 Å². The van der Waals surface area contributed by atoms with Gasteiger partial charge in [0.15, 0.2) is 0 Å². The SMILES string of the molecule is Cc1sc2nc(CSCC(=O)Nc3ccc(Cl)cc3F)[nH]c(=O)c2c1C. The first-order chi connectivity index (χ1) is 12.3. The van der Waals surface area contributed by atoms with Crippen molar-refractivity contribution in [3.63, 3.8) is 0 Å². The largest absolute Gasteiger partial charge is 0.323 e. The van der Waals surface area contributed by atoms with Crippen LogP contribution in [-0.4, -0.2) is 21.6 Å². The molecule has 2 N–H and O–H groups in total. The van der Waals surface area contributed by atoms with E-state index in [0.29, 0.717) is 21.8 Å². The van der Waals surface area contributed by atoms with Crippen LogP contribution >= 0.6 is 34.7 Å². The maximum atomic E-state index is 13.7. The summed E-state index contributed by atoms with van der Waals surface area (Å²) in [4.78, 5) is 33.1. The molecule has 5 nitrogen and oxygen atoms in total. The second-order valence-electron chi connectivity index (χ2n) is 5.64. The third-order valence-electron chi connectivity index (χ3n) is 3.77. The Labute approximate surface area is 162 Å². The number of benzene rings is 1. The number of fused-ring (bicyclic) bond motifs is 1. The summed E-state index contributed by atoms with van der Waals surface area (Å²) in [5.74, 6) is 0.0571. The molecule has 0 aliphatic carbocycles. The van der Waals surface area contributed by atoms with Crippen molar-refractivity contribution in [1.29, 1.82) is 0 Å². The summed E-state index contributed by atoms with van der Waals surface area (Å²) < 4.78 is 13.7. The van der Waals surface area contributed by atoms with Crippen molar-refractivity contribution in [2.24, 2.45) is 0 Å². The zero-order valence-electron chi connectivity index (χ0n) is 14.0. The molecule has 1 aromatic carbocycles. The number of aromatic amines is 1. The smallest absolute Gasteiger partial charge is 0.259 e. The number of anilines is 1. The van der Waals surface area contributed by atoms with Crippen LogP contribution in [0.15, 0.2) is 23.0 Å². The molecule has 0 spiro atoms. The van der Waals surface area contributed by atoms with E-state index in [0.717, 1.165) is 16.5 Å². The summed E-state index contributed by atoms with van der Waals surface area (Å²) in [6, 6.07) is 4.05. The van der Waals surface area contributed by atoms with E-state index < -0.39 is 5.82 Å². The molecule has 2 heterocycles. The number of hydrogen-bond donors (Lipinski definition) is 2. The Kier molecular flexibility index (Phi) is 5.64. The first kappa shape index (κ1) is 18.9. The van der Waals surface area contributed by atoms with E-state index >= 15 is 0 Å². The van der Waals surface area contributed by atoms with Gasteiger partial charge in [-0.2, -0.15) is 0 Å². The molecule has 0 bridgehead atoms. The van der Waals surface area contributed by atoms with E-state index in [-0.39, 0.29) is 27.9 Å². The lowest BCUT2D eigenvalue weighted by Crippen LogP contribution is -2.16. The van der Waals surface area contributed by atoms with Crippen LogP contribution in [0.25, 0.3) is 10.2 Å². The van der Waals surface area contributed by atoms with Gasteiger partial charge in [0.05, 0.1) is 22.6 Å².